The fourth-order valence-electron chi connectivity index (χ4n) is 1.53. The summed E-state index contributed by atoms with van der Waals surface area (Å²) in [6.07, 6.45) is 6.20. The molecule has 0 aliphatic rings. The lowest BCUT2D eigenvalue weighted by atomic mass is 10.3. The number of carbonyl (C=O) groups is 1. The molecule has 0 saturated carbocycles. The van der Waals surface area contributed by atoms with Crippen molar-refractivity contribution in [2.45, 2.75) is 6.92 Å². The van der Waals surface area contributed by atoms with Gasteiger partial charge in [0.1, 0.15) is 11.4 Å². The van der Waals surface area contributed by atoms with E-state index in [0.717, 1.165) is 5.56 Å². The molecule has 0 bridgehead atoms. The number of ether oxygens (including phenoxy) is 1. The van der Waals surface area contributed by atoms with E-state index in [0.29, 0.717) is 17.3 Å². The Morgan fingerprint density at radius 3 is 3.05 bits per heavy atom. The summed E-state index contributed by atoms with van der Waals surface area (Å²) in [5.41, 5.74) is 1.47. The second-order valence-electron chi connectivity index (χ2n) is 3.91. The van der Waals surface area contributed by atoms with Gasteiger partial charge in [0.25, 0.3) is 0 Å². The molecule has 2 rings (SSSR count). The highest BCUT2D eigenvalue weighted by atomic mass is 16.5. The van der Waals surface area contributed by atoms with Crippen molar-refractivity contribution < 1.29 is 13.9 Å². The number of hydrogen-bond acceptors (Lipinski definition) is 4. The molecule has 0 radical (unpaired) electrons. The fourth-order valence-corrected chi connectivity index (χ4v) is 1.53. The molecule has 2 aromatic rings. The lowest BCUT2D eigenvalue weighted by Gasteiger charge is -2.08. The minimum absolute atomic E-state index is 0.276. The van der Waals surface area contributed by atoms with Crippen LogP contribution in [-0.2, 0) is 4.79 Å². The maximum Gasteiger partial charge on any atom is 0.248 e. The monoisotopic (exact) mass is 258 g/mol. The third kappa shape index (κ3) is 3.45. The molecule has 0 aliphatic carbocycles. The molecule has 5 nitrogen and oxygen atoms in total. The van der Waals surface area contributed by atoms with Crippen molar-refractivity contribution in [3.05, 3.63) is 48.1 Å². The number of nitrogens with one attached hydrogen (secondary N) is 1. The van der Waals surface area contributed by atoms with E-state index in [1.165, 1.54) is 13.2 Å². The lowest BCUT2D eigenvalue weighted by Crippen LogP contribution is -2.09. The summed E-state index contributed by atoms with van der Waals surface area (Å²) in [4.78, 5) is 15.8. The van der Waals surface area contributed by atoms with Gasteiger partial charge in [-0.25, -0.2) is 4.98 Å². The van der Waals surface area contributed by atoms with Crippen LogP contribution in [0.1, 0.15) is 11.3 Å². The van der Waals surface area contributed by atoms with Crippen LogP contribution in [-0.4, -0.2) is 18.0 Å². The zero-order chi connectivity index (χ0) is 13.7. The van der Waals surface area contributed by atoms with E-state index >= 15 is 0 Å². The van der Waals surface area contributed by atoms with Crippen molar-refractivity contribution in [2.24, 2.45) is 0 Å². The second-order valence-corrected chi connectivity index (χ2v) is 3.91. The van der Waals surface area contributed by atoms with E-state index < -0.39 is 0 Å². The van der Waals surface area contributed by atoms with Crippen LogP contribution >= 0.6 is 0 Å². The lowest BCUT2D eigenvalue weighted by molar-refractivity contribution is -0.111. The topological polar surface area (TPSA) is 64.4 Å². The summed E-state index contributed by atoms with van der Waals surface area (Å²) in [5, 5.41) is 2.71. The largest absolute Gasteiger partial charge is 0.480 e. The third-order valence-electron chi connectivity index (χ3n) is 2.38. The van der Waals surface area contributed by atoms with Crippen LogP contribution in [0.5, 0.6) is 5.88 Å². The first-order chi connectivity index (χ1) is 9.19. The van der Waals surface area contributed by atoms with E-state index in [-0.39, 0.29) is 5.91 Å². The van der Waals surface area contributed by atoms with Gasteiger partial charge in [0.05, 0.1) is 13.4 Å². The molecule has 1 amide bonds. The standard InChI is InChI=1S/C14H14N2O3/c1-10-8-12(14(18-2)15-9-10)16-13(17)6-5-11-4-3-7-19-11/h3-9H,1-2H3,(H,16,17). The Bertz CT molecular complexity index is 589. The number of rotatable bonds is 4. The molecule has 0 saturated heterocycles. The molecular formula is C14H14N2O3. The summed E-state index contributed by atoms with van der Waals surface area (Å²) in [7, 11) is 1.51. The van der Waals surface area contributed by atoms with Crippen molar-refractivity contribution in [3.63, 3.8) is 0 Å². The molecule has 98 valence electrons. The molecule has 0 fully saturated rings. The SMILES string of the molecule is COc1ncc(C)cc1NC(=O)C=Cc1ccco1. The van der Waals surface area contributed by atoms with Crippen LogP contribution < -0.4 is 10.1 Å². The molecule has 2 heterocycles. The van der Waals surface area contributed by atoms with Crippen molar-refractivity contribution >= 4 is 17.7 Å². The van der Waals surface area contributed by atoms with Gasteiger partial charge in [-0.1, -0.05) is 0 Å². The van der Waals surface area contributed by atoms with Crippen LogP contribution in [0.3, 0.4) is 0 Å². The van der Waals surface area contributed by atoms with E-state index in [1.54, 1.807) is 36.7 Å². The number of carbonyl (C=O) groups excluding carboxylic acids is 1. The van der Waals surface area contributed by atoms with E-state index in [9.17, 15) is 4.79 Å². The second kappa shape index (κ2) is 5.86. The predicted octanol–water partition coefficient (Wildman–Crippen LogP) is 2.64. The normalized spacial score (nSPS) is 10.6. The molecular weight excluding hydrogens is 244 g/mol. The summed E-state index contributed by atoms with van der Waals surface area (Å²) in [6.45, 7) is 1.89. The van der Waals surface area contributed by atoms with Crippen LogP contribution in [0, 0.1) is 6.92 Å². The maximum absolute atomic E-state index is 11.8. The predicted molar refractivity (Wildman–Crippen MR) is 71.9 cm³/mol. The third-order valence-corrected chi connectivity index (χ3v) is 2.38. The van der Waals surface area contributed by atoms with Crippen molar-refractivity contribution in [2.75, 3.05) is 12.4 Å². The molecule has 2 aromatic heterocycles. The Morgan fingerprint density at radius 2 is 2.37 bits per heavy atom. The van der Waals surface area contributed by atoms with Crippen molar-refractivity contribution in [1.29, 1.82) is 0 Å². The number of aromatic nitrogens is 1. The van der Waals surface area contributed by atoms with Crippen molar-refractivity contribution in [1.82, 2.24) is 4.98 Å². The van der Waals surface area contributed by atoms with Crippen LogP contribution in [0.2, 0.25) is 0 Å². The molecule has 0 aromatic carbocycles. The van der Waals surface area contributed by atoms with E-state index in [1.807, 2.05) is 6.92 Å². The summed E-state index contributed by atoms with van der Waals surface area (Å²) in [6, 6.07) is 5.31. The Hall–Kier alpha value is -2.56. The summed E-state index contributed by atoms with van der Waals surface area (Å²) < 4.78 is 10.2. The molecule has 0 unspecified atom stereocenters. The number of hydrogen-bond donors (Lipinski definition) is 1. The van der Waals surface area contributed by atoms with Gasteiger partial charge in [0.2, 0.25) is 11.8 Å². The quantitative estimate of drug-likeness (QED) is 0.856. The van der Waals surface area contributed by atoms with Gasteiger partial charge >= 0.3 is 0 Å². The zero-order valence-corrected chi connectivity index (χ0v) is 10.7. The maximum atomic E-state index is 11.8. The van der Waals surface area contributed by atoms with Gasteiger partial charge in [0, 0.05) is 12.3 Å². The Balaban J connectivity index is 2.08. The Kier molecular flexibility index (Phi) is 3.97. The van der Waals surface area contributed by atoms with Gasteiger partial charge in [0.15, 0.2) is 0 Å². The number of nitrogens with zero attached hydrogens (tertiary/aromatic N) is 1. The van der Waals surface area contributed by atoms with Gasteiger partial charge in [-0.3, -0.25) is 4.79 Å². The highest BCUT2D eigenvalue weighted by Gasteiger charge is 2.07. The first kappa shape index (κ1) is 12.9. The minimum Gasteiger partial charge on any atom is -0.480 e. The van der Waals surface area contributed by atoms with Crippen LogP contribution in [0.25, 0.3) is 6.08 Å². The van der Waals surface area contributed by atoms with Crippen molar-refractivity contribution in [3.8, 4) is 5.88 Å². The van der Waals surface area contributed by atoms with Crippen LogP contribution in [0.15, 0.2) is 41.2 Å². The smallest absolute Gasteiger partial charge is 0.248 e. The molecule has 19 heavy (non-hydrogen) atoms. The van der Waals surface area contributed by atoms with Gasteiger partial charge in [-0.05, 0) is 36.8 Å². The molecule has 0 aliphatic heterocycles. The zero-order valence-electron chi connectivity index (χ0n) is 10.7. The number of amides is 1. The number of furan rings is 1. The number of pyridine rings is 1. The van der Waals surface area contributed by atoms with Gasteiger partial charge in [-0.15, -0.1) is 0 Å². The minimum atomic E-state index is -0.276. The van der Waals surface area contributed by atoms with Gasteiger partial charge in [-0.2, -0.15) is 0 Å². The molecule has 1 N–H and O–H groups in total. The highest BCUT2D eigenvalue weighted by molar-refractivity contribution is 6.02. The number of aryl methyl sites for hydroxylation is 1. The first-order valence-corrected chi connectivity index (χ1v) is 5.72. The fraction of sp³-hybridized carbons (Fsp3) is 0.143. The summed E-state index contributed by atoms with van der Waals surface area (Å²) in [5.74, 6) is 0.719. The van der Waals surface area contributed by atoms with Crippen LogP contribution in [0.4, 0.5) is 5.69 Å². The van der Waals surface area contributed by atoms with E-state index in [2.05, 4.69) is 10.3 Å². The average Bonchev–Trinajstić information content (AvgIpc) is 2.90. The highest BCUT2D eigenvalue weighted by Crippen LogP contribution is 2.21. The molecule has 0 spiro atoms. The number of methoxy groups -OCH3 is 1. The molecule has 5 heteroatoms. The summed E-state index contributed by atoms with van der Waals surface area (Å²) >= 11 is 0. The molecule has 0 atom stereocenters. The average molecular weight is 258 g/mol. The Morgan fingerprint density at radius 1 is 1.53 bits per heavy atom. The Labute approximate surface area is 110 Å². The van der Waals surface area contributed by atoms with Gasteiger partial charge < -0.3 is 14.5 Å². The first-order valence-electron chi connectivity index (χ1n) is 5.72. The number of anilines is 1. The van der Waals surface area contributed by atoms with E-state index in [4.69, 9.17) is 9.15 Å².